The molecule has 0 radical (unpaired) electrons. The molecule has 0 aliphatic carbocycles. The maximum absolute atomic E-state index is 13.2. The van der Waals surface area contributed by atoms with E-state index in [4.69, 9.17) is 4.42 Å². The van der Waals surface area contributed by atoms with Crippen molar-refractivity contribution in [3.63, 3.8) is 0 Å². The fourth-order valence-corrected chi connectivity index (χ4v) is 2.86. The van der Waals surface area contributed by atoms with E-state index in [0.29, 0.717) is 31.2 Å². The second-order valence-electron chi connectivity index (χ2n) is 5.53. The summed E-state index contributed by atoms with van der Waals surface area (Å²) >= 11 is 0. The van der Waals surface area contributed by atoms with Crippen molar-refractivity contribution in [2.75, 3.05) is 6.54 Å². The number of benzene rings is 1. The third kappa shape index (κ3) is 3.16. The van der Waals surface area contributed by atoms with Crippen LogP contribution in [0, 0.1) is 12.7 Å². The van der Waals surface area contributed by atoms with Gasteiger partial charge in [0.2, 0.25) is 17.7 Å². The van der Waals surface area contributed by atoms with Gasteiger partial charge >= 0.3 is 0 Å². The van der Waals surface area contributed by atoms with Crippen LogP contribution in [0.25, 0.3) is 0 Å². The van der Waals surface area contributed by atoms with E-state index >= 15 is 0 Å². The number of carbonyl (C=O) groups excluding carboxylic acids is 1. The Bertz CT molecular complexity index is 671. The molecular formula is C16H18FN3O2. The van der Waals surface area contributed by atoms with Gasteiger partial charge in [0.1, 0.15) is 11.9 Å². The molecule has 1 unspecified atom stereocenters. The van der Waals surface area contributed by atoms with Crippen LogP contribution in [0.4, 0.5) is 4.39 Å². The van der Waals surface area contributed by atoms with E-state index in [-0.39, 0.29) is 17.8 Å². The van der Waals surface area contributed by atoms with Crippen molar-refractivity contribution in [1.29, 1.82) is 0 Å². The van der Waals surface area contributed by atoms with E-state index < -0.39 is 0 Å². The summed E-state index contributed by atoms with van der Waals surface area (Å²) in [6, 6.07) is 6.24. The van der Waals surface area contributed by atoms with Crippen LogP contribution >= 0.6 is 0 Å². The maximum atomic E-state index is 13.2. The number of halogens is 1. The zero-order chi connectivity index (χ0) is 15.5. The Balaban J connectivity index is 1.64. The first-order chi connectivity index (χ1) is 10.6. The number of aryl methyl sites for hydroxylation is 2. The summed E-state index contributed by atoms with van der Waals surface area (Å²) < 4.78 is 18.6. The Morgan fingerprint density at radius 2 is 2.32 bits per heavy atom. The Kier molecular flexibility index (Phi) is 4.18. The molecule has 1 aromatic carbocycles. The highest BCUT2D eigenvalue weighted by atomic mass is 19.1. The molecule has 2 aromatic rings. The second kappa shape index (κ2) is 6.25. The number of rotatable bonds is 4. The van der Waals surface area contributed by atoms with Crippen LogP contribution in [-0.4, -0.2) is 27.5 Å². The topological polar surface area (TPSA) is 59.2 Å². The van der Waals surface area contributed by atoms with Crippen LogP contribution in [0.2, 0.25) is 0 Å². The number of hydrogen-bond donors (Lipinski definition) is 0. The minimum Gasteiger partial charge on any atom is -0.423 e. The highest BCUT2D eigenvalue weighted by molar-refractivity contribution is 5.77. The van der Waals surface area contributed by atoms with Crippen molar-refractivity contribution in [2.45, 2.75) is 38.6 Å². The standard InChI is InChI=1S/C16H18FN3O2/c1-11-18-19-16(22-11)14-6-3-9-20(14)15(21)8-7-12-4-2-5-13(17)10-12/h2,4-5,10,14H,3,6-9H2,1H3. The van der Waals surface area contributed by atoms with Crippen molar-refractivity contribution in [3.8, 4) is 0 Å². The molecular weight excluding hydrogens is 285 g/mol. The lowest BCUT2D eigenvalue weighted by molar-refractivity contribution is -0.132. The summed E-state index contributed by atoms with van der Waals surface area (Å²) in [6.07, 6.45) is 2.65. The van der Waals surface area contributed by atoms with Gasteiger partial charge in [-0.15, -0.1) is 10.2 Å². The molecule has 1 fully saturated rings. The molecule has 1 amide bonds. The van der Waals surface area contributed by atoms with Gasteiger partial charge in [-0.25, -0.2) is 4.39 Å². The fraction of sp³-hybridized carbons (Fsp3) is 0.438. The van der Waals surface area contributed by atoms with Gasteiger partial charge in [0.05, 0.1) is 0 Å². The summed E-state index contributed by atoms with van der Waals surface area (Å²) in [5.41, 5.74) is 0.831. The zero-order valence-electron chi connectivity index (χ0n) is 12.5. The molecule has 3 rings (SSSR count). The monoisotopic (exact) mass is 303 g/mol. The predicted octanol–water partition coefficient (Wildman–Crippen LogP) is 2.81. The third-order valence-corrected chi connectivity index (χ3v) is 3.92. The van der Waals surface area contributed by atoms with Gasteiger partial charge in [0.15, 0.2) is 0 Å². The van der Waals surface area contributed by atoms with Gasteiger partial charge in [-0.3, -0.25) is 4.79 Å². The smallest absolute Gasteiger partial charge is 0.238 e. The van der Waals surface area contributed by atoms with Crippen LogP contribution in [-0.2, 0) is 11.2 Å². The van der Waals surface area contributed by atoms with E-state index in [1.54, 1.807) is 17.9 Å². The fourth-order valence-electron chi connectivity index (χ4n) is 2.86. The predicted molar refractivity (Wildman–Crippen MR) is 77.4 cm³/mol. The summed E-state index contributed by atoms with van der Waals surface area (Å²) in [6.45, 7) is 2.44. The normalized spacial score (nSPS) is 17.9. The molecule has 1 atom stereocenters. The van der Waals surface area contributed by atoms with Crippen molar-refractivity contribution < 1.29 is 13.6 Å². The average molecular weight is 303 g/mol. The Morgan fingerprint density at radius 3 is 3.05 bits per heavy atom. The first kappa shape index (κ1) is 14.7. The van der Waals surface area contributed by atoms with Gasteiger partial charge in [0.25, 0.3) is 0 Å². The van der Waals surface area contributed by atoms with E-state index in [9.17, 15) is 9.18 Å². The van der Waals surface area contributed by atoms with Gasteiger partial charge in [0, 0.05) is 19.9 Å². The number of nitrogens with zero attached hydrogens (tertiary/aromatic N) is 3. The molecule has 1 aliphatic heterocycles. The van der Waals surface area contributed by atoms with Gasteiger partial charge in [-0.2, -0.15) is 0 Å². The van der Waals surface area contributed by atoms with Crippen LogP contribution in [0.3, 0.4) is 0 Å². The quantitative estimate of drug-likeness (QED) is 0.871. The first-order valence-electron chi connectivity index (χ1n) is 7.47. The SMILES string of the molecule is Cc1nnc(C2CCCN2C(=O)CCc2cccc(F)c2)o1. The molecule has 0 N–H and O–H groups in total. The molecule has 1 saturated heterocycles. The van der Waals surface area contributed by atoms with Crippen molar-refractivity contribution in [2.24, 2.45) is 0 Å². The van der Waals surface area contributed by atoms with E-state index in [1.807, 2.05) is 6.07 Å². The molecule has 5 nitrogen and oxygen atoms in total. The lowest BCUT2D eigenvalue weighted by Crippen LogP contribution is -2.30. The van der Waals surface area contributed by atoms with Crippen molar-refractivity contribution in [1.82, 2.24) is 15.1 Å². The molecule has 0 spiro atoms. The molecule has 2 heterocycles. The number of amides is 1. The van der Waals surface area contributed by atoms with Crippen molar-refractivity contribution >= 4 is 5.91 Å². The number of carbonyl (C=O) groups is 1. The summed E-state index contributed by atoms with van der Waals surface area (Å²) in [5.74, 6) is 0.788. The molecule has 1 aliphatic rings. The maximum Gasteiger partial charge on any atom is 0.238 e. The summed E-state index contributed by atoms with van der Waals surface area (Å²) in [4.78, 5) is 14.2. The second-order valence-corrected chi connectivity index (χ2v) is 5.53. The van der Waals surface area contributed by atoms with E-state index in [2.05, 4.69) is 10.2 Å². The lowest BCUT2D eigenvalue weighted by atomic mass is 10.1. The molecule has 0 bridgehead atoms. The third-order valence-electron chi connectivity index (χ3n) is 3.92. The number of hydrogen-bond acceptors (Lipinski definition) is 4. The van der Waals surface area contributed by atoms with Crippen LogP contribution in [0.5, 0.6) is 0 Å². The summed E-state index contributed by atoms with van der Waals surface area (Å²) in [5, 5.41) is 7.86. The highest BCUT2D eigenvalue weighted by Gasteiger charge is 2.33. The first-order valence-corrected chi connectivity index (χ1v) is 7.47. The minimum atomic E-state index is -0.273. The summed E-state index contributed by atoms with van der Waals surface area (Å²) in [7, 11) is 0. The lowest BCUT2D eigenvalue weighted by Gasteiger charge is -2.22. The van der Waals surface area contributed by atoms with E-state index in [0.717, 1.165) is 18.4 Å². The van der Waals surface area contributed by atoms with Crippen LogP contribution < -0.4 is 0 Å². The Labute approximate surface area is 128 Å². The van der Waals surface area contributed by atoms with Crippen molar-refractivity contribution in [3.05, 3.63) is 47.4 Å². The Hall–Kier alpha value is -2.24. The number of aromatic nitrogens is 2. The minimum absolute atomic E-state index is 0.0441. The van der Waals surface area contributed by atoms with Crippen LogP contribution in [0.15, 0.2) is 28.7 Å². The molecule has 116 valence electrons. The molecule has 6 heteroatoms. The van der Waals surface area contributed by atoms with E-state index in [1.165, 1.54) is 12.1 Å². The van der Waals surface area contributed by atoms with Gasteiger partial charge in [-0.05, 0) is 37.0 Å². The molecule has 0 saturated carbocycles. The number of likely N-dealkylation sites (tertiary alicyclic amines) is 1. The highest BCUT2D eigenvalue weighted by Crippen LogP contribution is 2.31. The molecule has 1 aromatic heterocycles. The van der Waals surface area contributed by atoms with Gasteiger partial charge < -0.3 is 9.32 Å². The zero-order valence-corrected chi connectivity index (χ0v) is 12.5. The largest absolute Gasteiger partial charge is 0.423 e. The molecule has 22 heavy (non-hydrogen) atoms. The van der Waals surface area contributed by atoms with Crippen LogP contribution in [0.1, 0.15) is 42.6 Å². The Morgan fingerprint density at radius 1 is 1.45 bits per heavy atom. The van der Waals surface area contributed by atoms with Gasteiger partial charge in [-0.1, -0.05) is 12.1 Å². The average Bonchev–Trinajstić information content (AvgIpc) is 3.13.